The number of hydrogen-bond donors (Lipinski definition) is 0. The number of carbonyl (C=O) groups is 3. The van der Waals surface area contributed by atoms with Crippen molar-refractivity contribution in [2.24, 2.45) is 23.7 Å². The summed E-state index contributed by atoms with van der Waals surface area (Å²) >= 11 is 0. The van der Waals surface area contributed by atoms with Gasteiger partial charge in [-0.2, -0.15) is 0 Å². The van der Waals surface area contributed by atoms with Crippen molar-refractivity contribution >= 4 is 29.2 Å². The Morgan fingerprint density at radius 3 is 2.11 bits per heavy atom. The average Bonchev–Trinajstić information content (AvgIpc) is 3.25. The molecule has 2 aliphatic carbocycles. The molecule has 4 atom stereocenters. The zero-order valence-corrected chi connectivity index (χ0v) is 15.5. The van der Waals surface area contributed by atoms with Crippen molar-refractivity contribution in [2.75, 3.05) is 4.90 Å². The number of nitro groups is 1. The van der Waals surface area contributed by atoms with Crippen LogP contribution in [0.5, 0.6) is 5.75 Å². The van der Waals surface area contributed by atoms with Crippen LogP contribution in [-0.2, 0) is 14.4 Å². The molecule has 3 aliphatic rings. The van der Waals surface area contributed by atoms with E-state index in [9.17, 15) is 24.5 Å². The highest BCUT2D eigenvalue weighted by molar-refractivity contribution is 6.23. The SMILES string of the molecule is CC(=O)Oc1ccc(N2C(=O)[C@@H]3[C@@H](C2=O)[C@H]2C=C[C@H]3C2=C(C)C)cc1[N+](=O)[O-]. The standard InChI is InChI=1S/C20H18N2O6/c1-9(2)16-12-5-6-13(16)18-17(12)19(24)21(20(18)25)11-4-7-15(28-10(3)23)14(8-11)22(26)27/h4-8,12-13,17-18H,1-3H3/t12-,13-,17-,18-/m0/s1. The molecule has 0 aromatic heterocycles. The molecule has 144 valence electrons. The third-order valence-corrected chi connectivity index (χ3v) is 5.64. The number of amides is 2. The third-order valence-electron chi connectivity index (χ3n) is 5.64. The molecule has 0 N–H and O–H groups in total. The molecule has 2 fully saturated rings. The van der Waals surface area contributed by atoms with Gasteiger partial charge in [0.25, 0.3) is 0 Å². The number of ether oxygens (including phenoxy) is 1. The Bertz CT molecular complexity index is 970. The Kier molecular flexibility index (Phi) is 3.95. The lowest BCUT2D eigenvalue weighted by Gasteiger charge is -2.19. The molecule has 1 heterocycles. The summed E-state index contributed by atoms with van der Waals surface area (Å²) in [5, 5.41) is 11.4. The number of anilines is 1. The molecule has 2 amide bonds. The molecule has 4 rings (SSSR count). The Hall–Kier alpha value is -3.29. The highest BCUT2D eigenvalue weighted by atomic mass is 16.6. The first kappa shape index (κ1) is 18.1. The maximum Gasteiger partial charge on any atom is 0.313 e. The maximum atomic E-state index is 13.1. The zero-order valence-electron chi connectivity index (χ0n) is 15.5. The van der Waals surface area contributed by atoms with E-state index in [2.05, 4.69) is 0 Å². The smallest absolute Gasteiger partial charge is 0.313 e. The predicted octanol–water partition coefficient (Wildman–Crippen LogP) is 2.78. The molecule has 2 bridgehead atoms. The number of fused-ring (bicyclic) bond motifs is 5. The van der Waals surface area contributed by atoms with Gasteiger partial charge in [-0.05, 0) is 26.0 Å². The van der Waals surface area contributed by atoms with Gasteiger partial charge in [0.05, 0.1) is 22.4 Å². The fourth-order valence-electron chi connectivity index (χ4n) is 4.71. The van der Waals surface area contributed by atoms with Gasteiger partial charge in [-0.1, -0.05) is 23.3 Å². The lowest BCUT2D eigenvalue weighted by Crippen LogP contribution is -2.33. The molecule has 0 radical (unpaired) electrons. The molecule has 8 nitrogen and oxygen atoms in total. The summed E-state index contributed by atoms with van der Waals surface area (Å²) < 4.78 is 4.85. The summed E-state index contributed by atoms with van der Waals surface area (Å²) in [7, 11) is 0. The van der Waals surface area contributed by atoms with Gasteiger partial charge in [0, 0.05) is 24.8 Å². The minimum absolute atomic E-state index is 0.100. The normalized spacial score (nSPS) is 27.4. The number of benzene rings is 1. The largest absolute Gasteiger partial charge is 0.419 e. The van der Waals surface area contributed by atoms with E-state index < -0.39 is 28.4 Å². The molecule has 0 spiro atoms. The van der Waals surface area contributed by atoms with Gasteiger partial charge in [0.1, 0.15) is 0 Å². The number of carbonyl (C=O) groups excluding carboxylic acids is 3. The lowest BCUT2D eigenvalue weighted by molar-refractivity contribution is -0.385. The van der Waals surface area contributed by atoms with Gasteiger partial charge in [0.15, 0.2) is 0 Å². The van der Waals surface area contributed by atoms with Crippen LogP contribution >= 0.6 is 0 Å². The van der Waals surface area contributed by atoms with E-state index in [0.29, 0.717) is 0 Å². The van der Waals surface area contributed by atoms with Crippen LogP contribution in [0.1, 0.15) is 20.8 Å². The van der Waals surface area contributed by atoms with Crippen molar-refractivity contribution in [3.8, 4) is 5.75 Å². The molecule has 1 saturated heterocycles. The van der Waals surface area contributed by atoms with Gasteiger partial charge in [-0.3, -0.25) is 24.5 Å². The maximum absolute atomic E-state index is 13.1. The fourth-order valence-corrected chi connectivity index (χ4v) is 4.71. The highest BCUT2D eigenvalue weighted by Crippen LogP contribution is 2.57. The molecular weight excluding hydrogens is 364 g/mol. The van der Waals surface area contributed by atoms with Crippen LogP contribution in [0.15, 0.2) is 41.5 Å². The summed E-state index contributed by atoms with van der Waals surface area (Å²) in [6.07, 6.45) is 3.96. The number of rotatable bonds is 3. The molecule has 1 saturated carbocycles. The number of nitrogens with zero attached hydrogens (tertiary/aromatic N) is 2. The first-order valence-corrected chi connectivity index (χ1v) is 8.92. The van der Waals surface area contributed by atoms with Crippen LogP contribution in [-0.4, -0.2) is 22.7 Å². The summed E-state index contributed by atoms with van der Waals surface area (Å²) in [4.78, 5) is 49.0. The van der Waals surface area contributed by atoms with E-state index in [0.717, 1.165) is 29.0 Å². The molecular formula is C20H18N2O6. The Morgan fingerprint density at radius 1 is 1.07 bits per heavy atom. The van der Waals surface area contributed by atoms with Gasteiger partial charge in [0.2, 0.25) is 17.6 Å². The molecule has 1 aliphatic heterocycles. The predicted molar refractivity (Wildman–Crippen MR) is 98.4 cm³/mol. The monoisotopic (exact) mass is 382 g/mol. The van der Waals surface area contributed by atoms with Crippen LogP contribution in [0.25, 0.3) is 0 Å². The molecule has 28 heavy (non-hydrogen) atoms. The summed E-state index contributed by atoms with van der Waals surface area (Å²) in [5.41, 5.74) is 1.89. The van der Waals surface area contributed by atoms with E-state index in [1.54, 1.807) is 0 Å². The van der Waals surface area contributed by atoms with Crippen molar-refractivity contribution in [3.05, 3.63) is 51.6 Å². The second-order valence-corrected chi connectivity index (χ2v) is 7.46. The number of imide groups is 1. The van der Waals surface area contributed by atoms with Crippen molar-refractivity contribution in [1.82, 2.24) is 0 Å². The first-order valence-electron chi connectivity index (χ1n) is 8.92. The number of allylic oxidation sites excluding steroid dienone is 4. The molecule has 1 aromatic rings. The van der Waals surface area contributed by atoms with E-state index >= 15 is 0 Å². The van der Waals surface area contributed by atoms with Crippen LogP contribution in [0.2, 0.25) is 0 Å². The van der Waals surface area contributed by atoms with Crippen LogP contribution in [0, 0.1) is 33.8 Å². The number of hydrogen-bond acceptors (Lipinski definition) is 6. The lowest BCUT2D eigenvalue weighted by atomic mass is 9.85. The Balaban J connectivity index is 1.73. The van der Waals surface area contributed by atoms with Crippen molar-refractivity contribution in [1.29, 1.82) is 0 Å². The topological polar surface area (TPSA) is 107 Å². The number of esters is 1. The minimum Gasteiger partial charge on any atom is -0.419 e. The molecule has 8 heteroatoms. The quantitative estimate of drug-likeness (QED) is 0.199. The van der Waals surface area contributed by atoms with Crippen molar-refractivity contribution in [3.63, 3.8) is 0 Å². The molecule has 1 aromatic carbocycles. The summed E-state index contributed by atoms with van der Waals surface area (Å²) in [6, 6.07) is 3.73. The molecule has 0 unspecified atom stereocenters. The first-order chi connectivity index (χ1) is 13.2. The third kappa shape index (κ3) is 2.41. The zero-order chi connectivity index (χ0) is 20.3. The van der Waals surface area contributed by atoms with Gasteiger partial charge < -0.3 is 4.74 Å². The van der Waals surface area contributed by atoms with Crippen LogP contribution in [0.4, 0.5) is 11.4 Å². The second-order valence-electron chi connectivity index (χ2n) is 7.46. The van der Waals surface area contributed by atoms with Crippen molar-refractivity contribution in [2.45, 2.75) is 20.8 Å². The van der Waals surface area contributed by atoms with E-state index in [1.165, 1.54) is 12.1 Å². The average molecular weight is 382 g/mol. The number of nitro benzene ring substituents is 1. The van der Waals surface area contributed by atoms with Gasteiger partial charge in [-0.25, -0.2) is 4.90 Å². The second kappa shape index (κ2) is 6.12. The minimum atomic E-state index is -0.708. The fraction of sp³-hybridized carbons (Fsp3) is 0.350. The Labute approximate surface area is 160 Å². The highest BCUT2D eigenvalue weighted by Gasteiger charge is 2.62. The van der Waals surface area contributed by atoms with Crippen LogP contribution in [0.3, 0.4) is 0 Å². The van der Waals surface area contributed by atoms with E-state index in [1.807, 2.05) is 26.0 Å². The van der Waals surface area contributed by atoms with Gasteiger partial charge >= 0.3 is 11.7 Å². The van der Waals surface area contributed by atoms with Crippen LogP contribution < -0.4 is 9.64 Å². The summed E-state index contributed by atoms with van der Waals surface area (Å²) in [5.74, 6) is -2.77. The Morgan fingerprint density at radius 2 is 1.64 bits per heavy atom. The summed E-state index contributed by atoms with van der Waals surface area (Å²) in [6.45, 7) is 5.09. The van der Waals surface area contributed by atoms with Crippen molar-refractivity contribution < 1.29 is 24.0 Å². The van der Waals surface area contributed by atoms with E-state index in [-0.39, 0.29) is 35.1 Å². The van der Waals surface area contributed by atoms with E-state index in [4.69, 9.17) is 4.74 Å². The van der Waals surface area contributed by atoms with Gasteiger partial charge in [-0.15, -0.1) is 0 Å².